The van der Waals surface area contributed by atoms with E-state index in [2.05, 4.69) is 37.0 Å². The van der Waals surface area contributed by atoms with E-state index in [9.17, 15) is 0 Å². The highest BCUT2D eigenvalue weighted by molar-refractivity contribution is 7.99. The van der Waals surface area contributed by atoms with E-state index in [1.165, 1.54) is 20.9 Å². The SMILES string of the molecule is Cc1ccc(C)c(Sc2ccnc(CN)c2)c1. The van der Waals surface area contributed by atoms with Crippen LogP contribution in [-0.2, 0) is 6.54 Å². The average molecular weight is 244 g/mol. The van der Waals surface area contributed by atoms with E-state index in [1.54, 1.807) is 11.8 Å². The van der Waals surface area contributed by atoms with Gasteiger partial charge >= 0.3 is 0 Å². The molecule has 0 aliphatic carbocycles. The smallest absolute Gasteiger partial charge is 0.0550 e. The van der Waals surface area contributed by atoms with Gasteiger partial charge in [0.1, 0.15) is 0 Å². The molecule has 2 N–H and O–H groups in total. The van der Waals surface area contributed by atoms with E-state index < -0.39 is 0 Å². The molecule has 0 atom stereocenters. The van der Waals surface area contributed by atoms with Crippen LogP contribution in [0.4, 0.5) is 0 Å². The van der Waals surface area contributed by atoms with Crippen molar-refractivity contribution in [3.63, 3.8) is 0 Å². The Morgan fingerprint density at radius 1 is 1.18 bits per heavy atom. The highest BCUT2D eigenvalue weighted by Crippen LogP contribution is 2.30. The maximum Gasteiger partial charge on any atom is 0.0550 e. The summed E-state index contributed by atoms with van der Waals surface area (Å²) in [6.45, 7) is 4.73. The van der Waals surface area contributed by atoms with Crippen LogP contribution in [0.2, 0.25) is 0 Å². The Bertz CT molecular complexity index is 523. The average Bonchev–Trinajstić information content (AvgIpc) is 2.34. The number of benzene rings is 1. The van der Waals surface area contributed by atoms with Crippen LogP contribution in [0, 0.1) is 13.8 Å². The van der Waals surface area contributed by atoms with E-state index in [1.807, 2.05) is 18.3 Å². The number of nitrogens with two attached hydrogens (primary N) is 1. The van der Waals surface area contributed by atoms with Gasteiger partial charge in [-0.2, -0.15) is 0 Å². The number of aromatic nitrogens is 1. The minimum atomic E-state index is 0.487. The molecular formula is C14H16N2S. The van der Waals surface area contributed by atoms with Gasteiger partial charge in [0.15, 0.2) is 0 Å². The molecule has 1 heterocycles. The van der Waals surface area contributed by atoms with E-state index in [-0.39, 0.29) is 0 Å². The molecule has 0 aliphatic rings. The van der Waals surface area contributed by atoms with Gasteiger partial charge in [-0.25, -0.2) is 0 Å². The highest BCUT2D eigenvalue weighted by Gasteiger charge is 2.02. The molecule has 3 heteroatoms. The van der Waals surface area contributed by atoms with Crippen LogP contribution in [0.25, 0.3) is 0 Å². The van der Waals surface area contributed by atoms with E-state index in [0.29, 0.717) is 6.54 Å². The first-order valence-electron chi connectivity index (χ1n) is 5.59. The van der Waals surface area contributed by atoms with Crippen molar-refractivity contribution in [1.82, 2.24) is 4.98 Å². The molecule has 0 aliphatic heterocycles. The van der Waals surface area contributed by atoms with Crippen LogP contribution in [0.3, 0.4) is 0 Å². The summed E-state index contributed by atoms with van der Waals surface area (Å²) in [5.74, 6) is 0. The lowest BCUT2D eigenvalue weighted by atomic mass is 10.2. The fourth-order valence-electron chi connectivity index (χ4n) is 1.58. The summed E-state index contributed by atoms with van der Waals surface area (Å²) in [6.07, 6.45) is 1.82. The van der Waals surface area contributed by atoms with Gasteiger partial charge in [0.05, 0.1) is 5.69 Å². The van der Waals surface area contributed by atoms with Crippen LogP contribution in [-0.4, -0.2) is 4.98 Å². The third-order valence-corrected chi connectivity index (χ3v) is 3.72. The van der Waals surface area contributed by atoms with Crippen molar-refractivity contribution in [2.45, 2.75) is 30.2 Å². The van der Waals surface area contributed by atoms with Gasteiger partial charge in [0, 0.05) is 22.5 Å². The van der Waals surface area contributed by atoms with Gasteiger partial charge in [-0.05, 0) is 43.2 Å². The summed E-state index contributed by atoms with van der Waals surface area (Å²) in [5.41, 5.74) is 9.11. The van der Waals surface area contributed by atoms with Gasteiger partial charge < -0.3 is 5.73 Å². The molecule has 2 aromatic rings. The van der Waals surface area contributed by atoms with E-state index in [0.717, 1.165) is 5.69 Å². The third kappa shape index (κ3) is 3.08. The number of rotatable bonds is 3. The van der Waals surface area contributed by atoms with Gasteiger partial charge in [0.25, 0.3) is 0 Å². The summed E-state index contributed by atoms with van der Waals surface area (Å²) in [6, 6.07) is 10.6. The monoisotopic (exact) mass is 244 g/mol. The molecular weight excluding hydrogens is 228 g/mol. The number of hydrogen-bond donors (Lipinski definition) is 1. The standard InChI is InChI=1S/C14H16N2S/c1-10-3-4-11(2)14(7-10)17-13-5-6-16-12(8-13)9-15/h3-8H,9,15H2,1-2H3. The summed E-state index contributed by atoms with van der Waals surface area (Å²) in [4.78, 5) is 6.68. The Kier molecular flexibility index (Phi) is 3.82. The molecule has 0 bridgehead atoms. The second kappa shape index (κ2) is 5.34. The lowest BCUT2D eigenvalue weighted by molar-refractivity contribution is 0.976. The Labute approximate surface area is 106 Å². The molecule has 0 fully saturated rings. The molecule has 0 spiro atoms. The zero-order chi connectivity index (χ0) is 12.3. The first-order valence-corrected chi connectivity index (χ1v) is 6.41. The Balaban J connectivity index is 2.27. The maximum atomic E-state index is 5.59. The molecule has 2 nitrogen and oxygen atoms in total. The fourth-order valence-corrected chi connectivity index (χ4v) is 2.63. The number of hydrogen-bond acceptors (Lipinski definition) is 3. The second-order valence-electron chi connectivity index (χ2n) is 4.06. The van der Waals surface area contributed by atoms with Crippen molar-refractivity contribution in [1.29, 1.82) is 0 Å². The number of nitrogens with zero attached hydrogens (tertiary/aromatic N) is 1. The molecule has 88 valence electrons. The van der Waals surface area contributed by atoms with Crippen molar-refractivity contribution in [3.05, 3.63) is 53.3 Å². The first-order chi connectivity index (χ1) is 8.19. The zero-order valence-electron chi connectivity index (χ0n) is 10.1. The highest BCUT2D eigenvalue weighted by atomic mass is 32.2. The Morgan fingerprint density at radius 2 is 2.00 bits per heavy atom. The topological polar surface area (TPSA) is 38.9 Å². The zero-order valence-corrected chi connectivity index (χ0v) is 10.9. The van der Waals surface area contributed by atoms with Crippen LogP contribution in [0.5, 0.6) is 0 Å². The van der Waals surface area contributed by atoms with Crippen molar-refractivity contribution >= 4 is 11.8 Å². The predicted molar refractivity (Wildman–Crippen MR) is 72.2 cm³/mol. The van der Waals surface area contributed by atoms with Gasteiger partial charge in [-0.3, -0.25) is 4.98 Å². The molecule has 1 aromatic heterocycles. The van der Waals surface area contributed by atoms with Crippen LogP contribution >= 0.6 is 11.8 Å². The Hall–Kier alpha value is -1.32. The molecule has 0 saturated heterocycles. The van der Waals surface area contributed by atoms with E-state index in [4.69, 9.17) is 5.73 Å². The summed E-state index contributed by atoms with van der Waals surface area (Å²) in [5, 5.41) is 0. The number of pyridine rings is 1. The first kappa shape index (κ1) is 12.1. The molecule has 17 heavy (non-hydrogen) atoms. The van der Waals surface area contributed by atoms with Crippen LogP contribution in [0.15, 0.2) is 46.3 Å². The van der Waals surface area contributed by atoms with Gasteiger partial charge in [0.2, 0.25) is 0 Å². The van der Waals surface area contributed by atoms with E-state index >= 15 is 0 Å². The molecule has 0 radical (unpaired) electrons. The van der Waals surface area contributed by atoms with Gasteiger partial charge in [-0.1, -0.05) is 23.9 Å². The molecule has 1 aromatic carbocycles. The number of aryl methyl sites for hydroxylation is 2. The largest absolute Gasteiger partial charge is 0.325 e. The second-order valence-corrected chi connectivity index (χ2v) is 5.17. The third-order valence-electron chi connectivity index (χ3n) is 2.57. The van der Waals surface area contributed by atoms with Crippen LogP contribution in [0.1, 0.15) is 16.8 Å². The lowest BCUT2D eigenvalue weighted by Gasteiger charge is -2.07. The molecule has 2 rings (SSSR count). The summed E-state index contributed by atoms with van der Waals surface area (Å²) in [7, 11) is 0. The van der Waals surface area contributed by atoms with Crippen molar-refractivity contribution in [2.75, 3.05) is 0 Å². The summed E-state index contributed by atoms with van der Waals surface area (Å²) >= 11 is 1.76. The minimum absolute atomic E-state index is 0.487. The van der Waals surface area contributed by atoms with Crippen molar-refractivity contribution < 1.29 is 0 Å². The molecule has 0 unspecified atom stereocenters. The lowest BCUT2D eigenvalue weighted by Crippen LogP contribution is -1.98. The van der Waals surface area contributed by atoms with Gasteiger partial charge in [-0.15, -0.1) is 0 Å². The Morgan fingerprint density at radius 3 is 2.76 bits per heavy atom. The molecule has 0 amide bonds. The quantitative estimate of drug-likeness (QED) is 0.900. The molecule has 0 saturated carbocycles. The van der Waals surface area contributed by atoms with Crippen molar-refractivity contribution in [2.24, 2.45) is 5.73 Å². The summed E-state index contributed by atoms with van der Waals surface area (Å²) < 4.78 is 0. The normalized spacial score (nSPS) is 10.5. The maximum absolute atomic E-state index is 5.59. The minimum Gasteiger partial charge on any atom is -0.325 e. The fraction of sp³-hybridized carbons (Fsp3) is 0.214. The van der Waals surface area contributed by atoms with Crippen molar-refractivity contribution in [3.8, 4) is 0 Å². The van der Waals surface area contributed by atoms with Crippen LogP contribution < -0.4 is 5.73 Å². The predicted octanol–water partition coefficient (Wildman–Crippen LogP) is 3.31.